The molecule has 0 aliphatic carbocycles. The van der Waals surface area contributed by atoms with Gasteiger partial charge in [-0.05, 0) is 70.8 Å². The fourth-order valence-corrected chi connectivity index (χ4v) is 4.27. The molecule has 0 saturated heterocycles. The van der Waals surface area contributed by atoms with E-state index in [1.54, 1.807) is 60.9 Å². The Morgan fingerprint density at radius 2 is 1.62 bits per heavy atom. The molecule has 0 N–H and O–H groups in total. The third-order valence-electron chi connectivity index (χ3n) is 4.95. The van der Waals surface area contributed by atoms with E-state index in [0.717, 1.165) is 5.56 Å². The minimum Gasteiger partial charge on any atom is -0.612 e. The van der Waals surface area contributed by atoms with Crippen molar-refractivity contribution < 1.29 is 8.94 Å². The van der Waals surface area contributed by atoms with E-state index in [0.29, 0.717) is 37.3 Å². The number of aromatic nitrogens is 2. The standard InChI is InChI=1S/C24H17Cl2FN2O2S/c1-32(31)20-10-5-16(6-11-20)24-21(15-3-8-19(27)9-4-15)13-23(30)29(28-24)14-17-2-7-18(25)12-22(17)26/h2-13H,14H2,1H3. The lowest BCUT2D eigenvalue weighted by Crippen LogP contribution is -2.24. The molecule has 32 heavy (non-hydrogen) atoms. The molecular weight excluding hydrogens is 470 g/mol. The van der Waals surface area contributed by atoms with Gasteiger partial charge in [0, 0.05) is 27.2 Å². The van der Waals surface area contributed by atoms with E-state index < -0.39 is 11.2 Å². The average molecular weight is 487 g/mol. The van der Waals surface area contributed by atoms with Crippen LogP contribution in [0.3, 0.4) is 0 Å². The smallest absolute Gasteiger partial charge is 0.267 e. The van der Waals surface area contributed by atoms with E-state index in [4.69, 9.17) is 23.2 Å². The van der Waals surface area contributed by atoms with Crippen LogP contribution in [0.2, 0.25) is 10.0 Å². The van der Waals surface area contributed by atoms with Gasteiger partial charge in [0.15, 0.2) is 4.90 Å². The number of hydrogen-bond donors (Lipinski definition) is 0. The summed E-state index contributed by atoms with van der Waals surface area (Å²) in [6.07, 6.45) is 1.60. The van der Waals surface area contributed by atoms with Gasteiger partial charge in [0.25, 0.3) is 5.56 Å². The van der Waals surface area contributed by atoms with E-state index in [1.807, 2.05) is 0 Å². The van der Waals surface area contributed by atoms with Gasteiger partial charge in [0.05, 0.1) is 12.2 Å². The van der Waals surface area contributed by atoms with E-state index in [9.17, 15) is 13.7 Å². The molecule has 0 aliphatic heterocycles. The number of hydrogen-bond acceptors (Lipinski definition) is 3. The molecular formula is C24H17Cl2FN2O2S. The van der Waals surface area contributed by atoms with Crippen molar-refractivity contribution in [3.05, 3.63) is 105 Å². The minimum atomic E-state index is -1.12. The molecule has 162 valence electrons. The first-order valence-electron chi connectivity index (χ1n) is 9.58. The monoisotopic (exact) mass is 486 g/mol. The SMILES string of the molecule is C[S+]([O-])c1ccc(-c2nn(Cc3ccc(Cl)cc3Cl)c(=O)cc2-c2ccc(F)cc2)cc1. The van der Waals surface area contributed by atoms with Gasteiger partial charge in [-0.1, -0.05) is 41.4 Å². The van der Waals surface area contributed by atoms with Crippen LogP contribution in [-0.2, 0) is 17.7 Å². The van der Waals surface area contributed by atoms with Gasteiger partial charge in [-0.15, -0.1) is 0 Å². The lowest BCUT2D eigenvalue weighted by atomic mass is 10.00. The van der Waals surface area contributed by atoms with E-state index in [1.165, 1.54) is 22.9 Å². The Hall–Kier alpha value is -2.64. The Morgan fingerprint density at radius 3 is 2.25 bits per heavy atom. The Balaban J connectivity index is 1.86. The number of halogens is 3. The molecule has 0 amide bonds. The maximum Gasteiger partial charge on any atom is 0.267 e. The molecule has 4 nitrogen and oxygen atoms in total. The first-order valence-corrected chi connectivity index (χ1v) is 11.9. The van der Waals surface area contributed by atoms with Gasteiger partial charge in [0.1, 0.15) is 12.1 Å². The van der Waals surface area contributed by atoms with Gasteiger partial charge in [-0.25, -0.2) is 9.07 Å². The van der Waals surface area contributed by atoms with Gasteiger partial charge in [-0.3, -0.25) is 4.79 Å². The quantitative estimate of drug-likeness (QED) is 0.334. The molecule has 1 aromatic heterocycles. The first-order chi connectivity index (χ1) is 15.3. The van der Waals surface area contributed by atoms with Gasteiger partial charge in [0.2, 0.25) is 0 Å². The summed E-state index contributed by atoms with van der Waals surface area (Å²) in [6.45, 7) is 0.155. The normalized spacial score (nSPS) is 12.0. The van der Waals surface area contributed by atoms with Crippen LogP contribution in [0, 0.1) is 5.82 Å². The van der Waals surface area contributed by atoms with E-state index in [-0.39, 0.29) is 17.9 Å². The highest BCUT2D eigenvalue weighted by atomic mass is 35.5. The maximum atomic E-state index is 13.5. The molecule has 1 unspecified atom stereocenters. The van der Waals surface area contributed by atoms with Crippen molar-refractivity contribution in [2.45, 2.75) is 11.4 Å². The molecule has 0 saturated carbocycles. The summed E-state index contributed by atoms with van der Waals surface area (Å²) in [5, 5.41) is 5.55. The minimum absolute atomic E-state index is 0.155. The van der Waals surface area contributed by atoms with Crippen molar-refractivity contribution in [3.63, 3.8) is 0 Å². The second-order valence-electron chi connectivity index (χ2n) is 7.12. The van der Waals surface area contributed by atoms with Crippen molar-refractivity contribution in [2.24, 2.45) is 0 Å². The van der Waals surface area contributed by atoms with E-state index in [2.05, 4.69) is 5.10 Å². The predicted octanol–water partition coefficient (Wildman–Crippen LogP) is 5.81. The maximum absolute atomic E-state index is 13.5. The summed E-state index contributed by atoms with van der Waals surface area (Å²) in [5.41, 5.74) is 2.86. The van der Waals surface area contributed by atoms with Crippen molar-refractivity contribution in [1.82, 2.24) is 9.78 Å². The Labute approximate surface area is 197 Å². The largest absolute Gasteiger partial charge is 0.612 e. The summed E-state index contributed by atoms with van der Waals surface area (Å²) >= 11 is 11.1. The summed E-state index contributed by atoms with van der Waals surface area (Å²) in [5.74, 6) is -0.372. The summed E-state index contributed by atoms with van der Waals surface area (Å²) in [6, 6.07) is 19.5. The molecule has 4 rings (SSSR count). The van der Waals surface area contributed by atoms with Crippen LogP contribution in [0.4, 0.5) is 4.39 Å². The molecule has 0 bridgehead atoms. The third kappa shape index (κ3) is 4.89. The van der Waals surface area contributed by atoms with Crippen molar-refractivity contribution in [3.8, 4) is 22.4 Å². The summed E-state index contributed by atoms with van der Waals surface area (Å²) in [7, 11) is 0. The van der Waals surface area contributed by atoms with E-state index >= 15 is 0 Å². The fraction of sp³-hybridized carbons (Fsp3) is 0.0833. The molecule has 1 heterocycles. The van der Waals surface area contributed by atoms with Crippen LogP contribution in [0.25, 0.3) is 22.4 Å². The van der Waals surface area contributed by atoms with Crippen molar-refractivity contribution >= 4 is 34.4 Å². The molecule has 1 atom stereocenters. The second-order valence-corrected chi connectivity index (χ2v) is 9.35. The Bertz CT molecular complexity index is 1320. The molecule has 0 fully saturated rings. The van der Waals surface area contributed by atoms with Crippen molar-refractivity contribution in [2.75, 3.05) is 6.26 Å². The average Bonchev–Trinajstić information content (AvgIpc) is 2.77. The van der Waals surface area contributed by atoms with Gasteiger partial charge >= 0.3 is 0 Å². The summed E-state index contributed by atoms with van der Waals surface area (Å²) < 4.78 is 26.6. The highest BCUT2D eigenvalue weighted by molar-refractivity contribution is 7.90. The van der Waals surface area contributed by atoms with Gasteiger partial charge in [-0.2, -0.15) is 5.10 Å². The zero-order valence-electron chi connectivity index (χ0n) is 16.9. The van der Waals surface area contributed by atoms with Crippen LogP contribution in [0.1, 0.15) is 5.56 Å². The van der Waals surface area contributed by atoms with Crippen LogP contribution < -0.4 is 5.56 Å². The topological polar surface area (TPSA) is 58.0 Å². The fourth-order valence-electron chi connectivity index (χ4n) is 3.28. The number of rotatable bonds is 5. The third-order valence-corrected chi connectivity index (χ3v) is 6.47. The molecule has 0 aliphatic rings. The molecule has 0 radical (unpaired) electrons. The zero-order chi connectivity index (χ0) is 22.8. The molecule has 3 aromatic carbocycles. The Kier molecular flexibility index (Phi) is 6.67. The lowest BCUT2D eigenvalue weighted by Gasteiger charge is -2.14. The highest BCUT2D eigenvalue weighted by Crippen LogP contribution is 2.30. The van der Waals surface area contributed by atoms with Crippen LogP contribution in [0.15, 0.2) is 82.5 Å². The second kappa shape index (κ2) is 9.46. The van der Waals surface area contributed by atoms with Crippen LogP contribution >= 0.6 is 23.2 Å². The van der Waals surface area contributed by atoms with Crippen molar-refractivity contribution in [1.29, 1.82) is 0 Å². The number of benzene rings is 3. The molecule has 4 aromatic rings. The van der Waals surface area contributed by atoms with Crippen LogP contribution in [0.5, 0.6) is 0 Å². The lowest BCUT2D eigenvalue weighted by molar-refractivity contribution is 0.601. The molecule has 8 heteroatoms. The highest BCUT2D eigenvalue weighted by Gasteiger charge is 2.15. The molecule has 0 spiro atoms. The first kappa shape index (κ1) is 22.6. The predicted molar refractivity (Wildman–Crippen MR) is 127 cm³/mol. The van der Waals surface area contributed by atoms with Crippen LogP contribution in [-0.4, -0.2) is 20.6 Å². The van der Waals surface area contributed by atoms with Gasteiger partial charge < -0.3 is 4.55 Å². The zero-order valence-corrected chi connectivity index (χ0v) is 19.2. The number of nitrogens with zero attached hydrogens (tertiary/aromatic N) is 2. The summed E-state index contributed by atoms with van der Waals surface area (Å²) in [4.78, 5) is 13.6. The Morgan fingerprint density at radius 1 is 0.969 bits per heavy atom.